The summed E-state index contributed by atoms with van der Waals surface area (Å²) in [6, 6.07) is 23.6. The Balaban J connectivity index is 1.16. The summed E-state index contributed by atoms with van der Waals surface area (Å²) in [4.78, 5) is 31.1. The van der Waals surface area contributed by atoms with E-state index in [0.717, 1.165) is 63.0 Å². The molecule has 5 rings (SSSR count). The molecule has 2 amide bonds. The van der Waals surface area contributed by atoms with E-state index in [-0.39, 0.29) is 28.2 Å². The number of piperidine rings is 1. The van der Waals surface area contributed by atoms with Crippen molar-refractivity contribution >= 4 is 33.3 Å². The molecule has 0 saturated carbocycles. The maximum atomic E-state index is 13.5. The average Bonchev–Trinajstić information content (AvgIpc) is 3.26. The van der Waals surface area contributed by atoms with Crippen LogP contribution in [0.5, 0.6) is 0 Å². The number of nitrogens with one attached hydrogen (secondary N) is 1. The molecule has 0 bridgehead atoms. The number of hydrogen-bond donors (Lipinski definition) is 1. The molecule has 1 atom stereocenters. The third-order valence-corrected chi connectivity index (χ3v) is 9.83. The van der Waals surface area contributed by atoms with Crippen molar-refractivity contribution in [2.24, 2.45) is 5.41 Å². The molecule has 2 saturated heterocycles. The first-order valence-corrected chi connectivity index (χ1v) is 16.3. The molecule has 3 aromatic rings. The van der Waals surface area contributed by atoms with E-state index in [0.29, 0.717) is 17.1 Å². The van der Waals surface area contributed by atoms with Gasteiger partial charge in [-0.2, -0.15) is 0 Å². The Morgan fingerprint density at radius 1 is 0.951 bits per heavy atom. The minimum absolute atomic E-state index is 0.142. The van der Waals surface area contributed by atoms with Gasteiger partial charge in [-0.3, -0.25) is 9.59 Å². The van der Waals surface area contributed by atoms with Gasteiger partial charge in [0, 0.05) is 36.5 Å². The van der Waals surface area contributed by atoms with Crippen molar-refractivity contribution in [2.45, 2.75) is 43.2 Å². The van der Waals surface area contributed by atoms with Crippen molar-refractivity contribution in [3.63, 3.8) is 0 Å². The van der Waals surface area contributed by atoms with Crippen molar-refractivity contribution in [1.82, 2.24) is 15.1 Å². The second-order valence-corrected chi connectivity index (χ2v) is 13.7. The van der Waals surface area contributed by atoms with Crippen molar-refractivity contribution < 1.29 is 18.0 Å². The molecule has 41 heavy (non-hydrogen) atoms. The normalized spacial score (nSPS) is 18.0. The van der Waals surface area contributed by atoms with Crippen molar-refractivity contribution in [3.8, 4) is 0 Å². The molecule has 2 aliphatic rings. The van der Waals surface area contributed by atoms with Gasteiger partial charge in [-0.05, 0) is 80.2 Å². The minimum Gasteiger partial charge on any atom is -0.345 e. The molecule has 1 spiro atoms. The lowest BCUT2D eigenvalue weighted by Crippen LogP contribution is -2.45. The van der Waals surface area contributed by atoms with Crippen LogP contribution in [-0.4, -0.2) is 62.5 Å². The van der Waals surface area contributed by atoms with Crippen molar-refractivity contribution in [3.05, 3.63) is 101 Å². The summed E-state index contributed by atoms with van der Waals surface area (Å²) in [7, 11) is -3.24. The van der Waals surface area contributed by atoms with Gasteiger partial charge in [-0.15, -0.1) is 0 Å². The molecular formula is C32H36ClN3O4S. The molecule has 0 aromatic heterocycles. The van der Waals surface area contributed by atoms with Crippen LogP contribution in [0.2, 0.25) is 5.02 Å². The number of halogens is 1. The predicted molar refractivity (Wildman–Crippen MR) is 160 cm³/mol. The van der Waals surface area contributed by atoms with E-state index in [4.69, 9.17) is 11.6 Å². The summed E-state index contributed by atoms with van der Waals surface area (Å²) in [5.41, 5.74) is 2.21. The summed E-state index contributed by atoms with van der Waals surface area (Å²) in [5, 5.41) is 3.72. The van der Waals surface area contributed by atoms with Crippen LogP contribution >= 0.6 is 11.6 Å². The fourth-order valence-corrected chi connectivity index (χ4v) is 6.79. The summed E-state index contributed by atoms with van der Waals surface area (Å²) >= 11 is 6.10. The molecule has 2 heterocycles. The lowest BCUT2D eigenvalue weighted by Gasteiger charge is -2.38. The van der Waals surface area contributed by atoms with E-state index < -0.39 is 9.84 Å². The lowest BCUT2D eigenvalue weighted by molar-refractivity contribution is -0.138. The van der Waals surface area contributed by atoms with Crippen LogP contribution in [0.15, 0.2) is 83.8 Å². The Morgan fingerprint density at radius 2 is 1.63 bits per heavy atom. The molecule has 0 aliphatic carbocycles. The van der Waals surface area contributed by atoms with Gasteiger partial charge in [0.2, 0.25) is 5.91 Å². The zero-order chi connectivity index (χ0) is 29.0. The third kappa shape index (κ3) is 7.00. The van der Waals surface area contributed by atoms with E-state index in [1.165, 1.54) is 6.26 Å². The first-order chi connectivity index (χ1) is 19.6. The highest BCUT2D eigenvalue weighted by Gasteiger charge is 2.47. The van der Waals surface area contributed by atoms with Crippen molar-refractivity contribution in [1.29, 1.82) is 0 Å². The van der Waals surface area contributed by atoms with Gasteiger partial charge in [0.05, 0.1) is 16.4 Å². The first-order valence-electron chi connectivity index (χ1n) is 14.1. The average molecular weight is 594 g/mol. The highest BCUT2D eigenvalue weighted by atomic mass is 35.5. The predicted octanol–water partition coefficient (Wildman–Crippen LogP) is 5.12. The van der Waals surface area contributed by atoms with Gasteiger partial charge >= 0.3 is 0 Å². The molecule has 2 fully saturated rings. The van der Waals surface area contributed by atoms with Crippen LogP contribution in [0.1, 0.15) is 53.2 Å². The highest BCUT2D eigenvalue weighted by molar-refractivity contribution is 7.90. The van der Waals surface area contributed by atoms with E-state index in [1.807, 2.05) is 35.2 Å². The van der Waals surface area contributed by atoms with E-state index in [1.54, 1.807) is 48.5 Å². The molecule has 2 aliphatic heterocycles. The smallest absolute Gasteiger partial charge is 0.251 e. The summed E-state index contributed by atoms with van der Waals surface area (Å²) in [6.07, 6.45) is 4.44. The summed E-state index contributed by atoms with van der Waals surface area (Å²) in [6.45, 7) is 3.71. The number of rotatable bonds is 9. The maximum absolute atomic E-state index is 13.5. The standard InChI is InChI=1S/C32H36ClN3O4S/c1-41(39,40)28-12-10-24(11-13-28)23-36-21-17-32(31(36)38)15-19-35(20-16-32)18-14-29(25-6-3-2-4-7-25)34-30(37)26-8-5-9-27(33)22-26/h2-13,22,29H,14-21,23H2,1H3,(H,34,37). The van der Waals surface area contributed by atoms with Gasteiger partial charge in [-0.1, -0.05) is 60.1 Å². The molecular weight excluding hydrogens is 558 g/mol. The quantitative estimate of drug-likeness (QED) is 0.372. The second kappa shape index (κ2) is 12.3. The molecule has 216 valence electrons. The zero-order valence-electron chi connectivity index (χ0n) is 23.3. The van der Waals surface area contributed by atoms with Gasteiger partial charge < -0.3 is 15.1 Å². The number of carbonyl (C=O) groups is 2. The number of hydrogen-bond acceptors (Lipinski definition) is 5. The molecule has 3 aromatic carbocycles. The lowest BCUT2D eigenvalue weighted by atomic mass is 9.77. The first kappa shape index (κ1) is 29.3. The number of sulfone groups is 1. The largest absolute Gasteiger partial charge is 0.345 e. The van der Waals surface area contributed by atoms with E-state index in [9.17, 15) is 18.0 Å². The monoisotopic (exact) mass is 593 g/mol. The maximum Gasteiger partial charge on any atom is 0.251 e. The molecule has 1 unspecified atom stereocenters. The van der Waals surface area contributed by atoms with Crippen LogP contribution < -0.4 is 5.32 Å². The number of likely N-dealkylation sites (tertiary alicyclic amines) is 2. The molecule has 9 heteroatoms. The van der Waals surface area contributed by atoms with Crippen LogP contribution in [0, 0.1) is 5.41 Å². The van der Waals surface area contributed by atoms with E-state index >= 15 is 0 Å². The molecule has 1 N–H and O–H groups in total. The molecule has 7 nitrogen and oxygen atoms in total. The second-order valence-electron chi connectivity index (χ2n) is 11.3. The Kier molecular flexibility index (Phi) is 8.82. The Labute approximate surface area is 247 Å². The summed E-state index contributed by atoms with van der Waals surface area (Å²) in [5.74, 6) is 0.0573. The van der Waals surface area contributed by atoms with Crippen LogP contribution in [0.3, 0.4) is 0 Å². The van der Waals surface area contributed by atoms with Crippen molar-refractivity contribution in [2.75, 3.05) is 32.4 Å². The van der Waals surface area contributed by atoms with E-state index in [2.05, 4.69) is 10.2 Å². The topological polar surface area (TPSA) is 86.8 Å². The minimum atomic E-state index is -3.24. The third-order valence-electron chi connectivity index (χ3n) is 8.47. The fraction of sp³-hybridized carbons (Fsp3) is 0.375. The van der Waals surface area contributed by atoms with Gasteiger partial charge in [0.25, 0.3) is 5.91 Å². The Morgan fingerprint density at radius 3 is 2.29 bits per heavy atom. The highest BCUT2D eigenvalue weighted by Crippen LogP contribution is 2.42. The van der Waals surface area contributed by atoms with Crippen LogP contribution in [-0.2, 0) is 21.2 Å². The fourth-order valence-electron chi connectivity index (χ4n) is 5.97. The number of carbonyl (C=O) groups excluding carboxylic acids is 2. The van der Waals surface area contributed by atoms with Crippen LogP contribution in [0.25, 0.3) is 0 Å². The molecule has 0 radical (unpaired) electrons. The van der Waals surface area contributed by atoms with Gasteiger partial charge in [0.1, 0.15) is 0 Å². The number of amides is 2. The van der Waals surface area contributed by atoms with Gasteiger partial charge in [0.15, 0.2) is 9.84 Å². The number of benzene rings is 3. The zero-order valence-corrected chi connectivity index (χ0v) is 24.8. The van der Waals surface area contributed by atoms with Gasteiger partial charge in [-0.25, -0.2) is 8.42 Å². The SMILES string of the molecule is CS(=O)(=O)c1ccc(CN2CCC3(CCN(CCC(NC(=O)c4cccc(Cl)c4)c4ccccc4)CC3)C2=O)cc1. The number of nitrogens with zero attached hydrogens (tertiary/aromatic N) is 2. The Hall–Kier alpha value is -3.20. The van der Waals surface area contributed by atoms with Crippen LogP contribution in [0.4, 0.5) is 0 Å². The Bertz CT molecular complexity index is 1490. The summed E-state index contributed by atoms with van der Waals surface area (Å²) < 4.78 is 23.5.